The molecule has 0 aromatic carbocycles. The Morgan fingerprint density at radius 1 is 1.35 bits per heavy atom. The molecule has 3 atom stereocenters. The van der Waals surface area contributed by atoms with E-state index >= 15 is 0 Å². The molecule has 0 aromatic heterocycles. The molecule has 3 heteroatoms. The van der Waals surface area contributed by atoms with Gasteiger partial charge in [0.05, 0.1) is 5.76 Å². The fraction of sp³-hybridized carbons (Fsp3) is 0.882. The Balaban J connectivity index is 1.80. The van der Waals surface area contributed by atoms with Crippen molar-refractivity contribution in [1.82, 2.24) is 4.90 Å². The van der Waals surface area contributed by atoms with E-state index in [0.717, 1.165) is 6.42 Å². The monoisotopic (exact) mass is 293 g/mol. The van der Waals surface area contributed by atoms with Gasteiger partial charge < -0.3 is 4.43 Å². The first kappa shape index (κ1) is 14.6. The standard InChI is InChI=1S/C17H31NOSi/c1-15(2,3)20(6,7)19-13-8-9-17-11-16(17,4)12-18(5)14(17)10-13/h10,14H,8-9,11-12H2,1-7H3/t14-,16-,17+/m1/s1. The highest BCUT2D eigenvalue weighted by Gasteiger charge is 2.72. The van der Waals surface area contributed by atoms with E-state index in [1.807, 2.05) is 0 Å². The highest BCUT2D eigenvalue weighted by Crippen LogP contribution is 2.74. The number of allylic oxidation sites excluding steroid dienone is 1. The van der Waals surface area contributed by atoms with Crippen molar-refractivity contribution in [3.8, 4) is 0 Å². The maximum atomic E-state index is 6.57. The molecule has 2 fully saturated rings. The molecule has 2 aliphatic carbocycles. The third-order valence-corrected chi connectivity index (χ3v) is 11.2. The lowest BCUT2D eigenvalue weighted by atomic mass is 9.82. The van der Waals surface area contributed by atoms with Crippen molar-refractivity contribution >= 4 is 8.32 Å². The summed E-state index contributed by atoms with van der Waals surface area (Å²) in [5, 5.41) is 0.290. The summed E-state index contributed by atoms with van der Waals surface area (Å²) in [6.45, 7) is 15.4. The minimum Gasteiger partial charge on any atom is -0.547 e. The third-order valence-electron chi connectivity index (χ3n) is 6.78. The Hall–Kier alpha value is -0.283. The molecule has 0 amide bonds. The number of likely N-dealkylation sites (tertiary alicyclic amines) is 1. The van der Waals surface area contributed by atoms with Crippen LogP contribution in [0.25, 0.3) is 0 Å². The van der Waals surface area contributed by atoms with E-state index in [2.05, 4.69) is 58.8 Å². The summed E-state index contributed by atoms with van der Waals surface area (Å²) in [6.07, 6.45) is 6.40. The first-order chi connectivity index (χ1) is 9.01. The van der Waals surface area contributed by atoms with Gasteiger partial charge in [0.25, 0.3) is 0 Å². The summed E-state index contributed by atoms with van der Waals surface area (Å²) in [5.41, 5.74) is 1.17. The van der Waals surface area contributed by atoms with E-state index in [4.69, 9.17) is 4.43 Å². The van der Waals surface area contributed by atoms with Crippen molar-refractivity contribution < 1.29 is 4.43 Å². The second kappa shape index (κ2) is 3.92. The highest BCUT2D eigenvalue weighted by molar-refractivity contribution is 6.74. The molecule has 1 saturated heterocycles. The van der Waals surface area contributed by atoms with E-state index in [-0.39, 0.29) is 0 Å². The van der Waals surface area contributed by atoms with Crippen LogP contribution < -0.4 is 0 Å². The first-order valence-corrected chi connectivity index (χ1v) is 11.0. The van der Waals surface area contributed by atoms with Crippen LogP contribution >= 0.6 is 0 Å². The molecule has 20 heavy (non-hydrogen) atoms. The van der Waals surface area contributed by atoms with Gasteiger partial charge in [-0.2, -0.15) is 0 Å². The summed E-state index contributed by atoms with van der Waals surface area (Å²) in [6, 6.07) is 0.626. The Labute approximate surface area is 125 Å². The lowest BCUT2D eigenvalue weighted by Crippen LogP contribution is -2.42. The predicted octanol–water partition coefficient (Wildman–Crippen LogP) is 4.40. The van der Waals surface area contributed by atoms with Crippen LogP contribution in [0.5, 0.6) is 0 Å². The van der Waals surface area contributed by atoms with E-state index in [1.54, 1.807) is 0 Å². The fourth-order valence-electron chi connectivity index (χ4n) is 4.39. The summed E-state index contributed by atoms with van der Waals surface area (Å²) >= 11 is 0. The summed E-state index contributed by atoms with van der Waals surface area (Å²) in [7, 11) is 0.613. The third kappa shape index (κ3) is 1.85. The van der Waals surface area contributed by atoms with Crippen LogP contribution in [0, 0.1) is 10.8 Å². The van der Waals surface area contributed by atoms with Crippen molar-refractivity contribution in [3.63, 3.8) is 0 Å². The smallest absolute Gasteiger partial charge is 0.250 e. The molecule has 2 nitrogen and oxygen atoms in total. The zero-order valence-corrected chi connectivity index (χ0v) is 15.3. The van der Waals surface area contributed by atoms with E-state index < -0.39 is 8.32 Å². The average Bonchev–Trinajstić information content (AvgIpc) is 2.77. The largest absolute Gasteiger partial charge is 0.547 e. The van der Waals surface area contributed by atoms with Crippen LogP contribution in [-0.4, -0.2) is 32.9 Å². The van der Waals surface area contributed by atoms with Gasteiger partial charge in [0.2, 0.25) is 8.32 Å². The second-order valence-corrected chi connectivity index (χ2v) is 14.0. The van der Waals surface area contributed by atoms with Crippen molar-refractivity contribution in [3.05, 3.63) is 11.8 Å². The Kier molecular flexibility index (Phi) is 2.87. The minimum absolute atomic E-state index is 0.290. The van der Waals surface area contributed by atoms with E-state index in [0.29, 0.717) is 21.9 Å². The SMILES string of the molecule is CN1C[C@@]2(C)C[C@]23CCC(O[Si](C)(C)C(C)(C)C)=C[C@@H]13. The second-order valence-electron chi connectivity index (χ2n) is 9.25. The lowest BCUT2D eigenvalue weighted by Gasteiger charge is -2.40. The van der Waals surface area contributed by atoms with E-state index in [9.17, 15) is 0 Å². The van der Waals surface area contributed by atoms with Gasteiger partial charge in [-0.3, -0.25) is 4.90 Å². The van der Waals surface area contributed by atoms with Gasteiger partial charge in [-0.1, -0.05) is 27.7 Å². The Bertz CT molecular complexity index is 464. The molecule has 0 N–H and O–H groups in total. The summed E-state index contributed by atoms with van der Waals surface area (Å²) < 4.78 is 6.57. The topological polar surface area (TPSA) is 12.5 Å². The van der Waals surface area contributed by atoms with Crippen molar-refractivity contribution in [1.29, 1.82) is 0 Å². The number of piperidine rings is 1. The van der Waals surface area contributed by atoms with Crippen LogP contribution in [0.15, 0.2) is 11.8 Å². The van der Waals surface area contributed by atoms with Crippen molar-refractivity contribution in [2.45, 2.75) is 71.1 Å². The maximum absolute atomic E-state index is 6.57. The highest BCUT2D eigenvalue weighted by atomic mass is 28.4. The molecule has 0 unspecified atom stereocenters. The van der Waals surface area contributed by atoms with Crippen molar-refractivity contribution in [2.75, 3.05) is 13.6 Å². The lowest BCUT2D eigenvalue weighted by molar-refractivity contribution is 0.222. The quantitative estimate of drug-likeness (QED) is 0.700. The molecule has 1 spiro atoms. The van der Waals surface area contributed by atoms with Gasteiger partial charge in [0.15, 0.2) is 0 Å². The van der Waals surface area contributed by atoms with Crippen LogP contribution in [0.4, 0.5) is 0 Å². The number of hydrogen-bond acceptors (Lipinski definition) is 2. The van der Waals surface area contributed by atoms with Gasteiger partial charge in [-0.15, -0.1) is 0 Å². The van der Waals surface area contributed by atoms with Gasteiger partial charge in [0, 0.05) is 19.0 Å². The van der Waals surface area contributed by atoms with Crippen LogP contribution in [0.1, 0.15) is 47.0 Å². The maximum Gasteiger partial charge on any atom is 0.250 e. The number of hydrogen-bond donors (Lipinski definition) is 0. The molecule has 0 radical (unpaired) electrons. The first-order valence-electron chi connectivity index (χ1n) is 8.11. The fourth-order valence-corrected chi connectivity index (χ4v) is 5.53. The number of rotatable bonds is 2. The summed E-state index contributed by atoms with van der Waals surface area (Å²) in [5.74, 6) is 1.29. The molecule has 1 heterocycles. The average molecular weight is 294 g/mol. The Morgan fingerprint density at radius 2 is 2.00 bits per heavy atom. The Morgan fingerprint density at radius 3 is 2.60 bits per heavy atom. The molecule has 1 aliphatic heterocycles. The predicted molar refractivity (Wildman–Crippen MR) is 87.2 cm³/mol. The molecule has 3 rings (SSSR count). The summed E-state index contributed by atoms with van der Waals surface area (Å²) in [4.78, 5) is 2.55. The zero-order valence-electron chi connectivity index (χ0n) is 14.3. The number of likely N-dealkylation sites (N-methyl/N-ethyl adjacent to an activating group) is 1. The molecular weight excluding hydrogens is 262 g/mol. The molecule has 1 saturated carbocycles. The van der Waals surface area contributed by atoms with Crippen LogP contribution in [0.3, 0.4) is 0 Å². The molecule has 114 valence electrons. The van der Waals surface area contributed by atoms with Gasteiger partial charge in [-0.05, 0) is 54.9 Å². The normalized spacial score (nSPS) is 41.0. The van der Waals surface area contributed by atoms with Crippen LogP contribution in [0.2, 0.25) is 18.1 Å². The molecule has 0 bridgehead atoms. The van der Waals surface area contributed by atoms with Crippen molar-refractivity contribution in [2.24, 2.45) is 10.8 Å². The molecular formula is C17H31NOSi. The van der Waals surface area contributed by atoms with Gasteiger partial charge in [0.1, 0.15) is 0 Å². The molecule has 0 aromatic rings. The number of nitrogens with zero attached hydrogens (tertiary/aromatic N) is 1. The molecule has 3 aliphatic rings. The van der Waals surface area contributed by atoms with Gasteiger partial charge in [-0.25, -0.2) is 0 Å². The van der Waals surface area contributed by atoms with Crippen LogP contribution in [-0.2, 0) is 4.43 Å². The zero-order chi connectivity index (χ0) is 15.0. The minimum atomic E-state index is -1.67. The van der Waals surface area contributed by atoms with E-state index in [1.165, 1.54) is 25.1 Å². The van der Waals surface area contributed by atoms with Gasteiger partial charge >= 0.3 is 0 Å².